The topological polar surface area (TPSA) is 89.1 Å². The van der Waals surface area contributed by atoms with Crippen LogP contribution in [0.3, 0.4) is 0 Å². The van der Waals surface area contributed by atoms with Gasteiger partial charge in [0.2, 0.25) is 5.91 Å². The number of nitrogens with one attached hydrogen (secondary N) is 2. The number of carbonyl (C=O) groups is 1. The Morgan fingerprint density at radius 1 is 0.941 bits per heavy atom. The number of hydrogen-bond donors (Lipinski definition) is 2. The third kappa shape index (κ3) is 5.40. The van der Waals surface area contributed by atoms with E-state index in [9.17, 15) is 4.79 Å². The van der Waals surface area contributed by atoms with Gasteiger partial charge < -0.3 is 19.8 Å². The van der Waals surface area contributed by atoms with E-state index in [0.717, 1.165) is 39.6 Å². The average Bonchev–Trinajstić information content (AvgIpc) is 3.29. The van der Waals surface area contributed by atoms with Gasteiger partial charge in [-0.25, -0.2) is 9.97 Å². The largest absolute Gasteiger partial charge is 0.497 e. The number of pyridine rings is 1. The molecule has 0 fully saturated rings. The molecular formula is C26H26N4O3S. The van der Waals surface area contributed by atoms with Crippen LogP contribution in [0.5, 0.6) is 11.5 Å². The molecule has 0 bridgehead atoms. The lowest BCUT2D eigenvalue weighted by Gasteiger charge is -2.10. The van der Waals surface area contributed by atoms with E-state index in [2.05, 4.69) is 15.3 Å². The molecule has 0 aliphatic heterocycles. The number of imidazole rings is 1. The lowest BCUT2D eigenvalue weighted by atomic mass is 10.0. The molecule has 8 heteroatoms. The van der Waals surface area contributed by atoms with Gasteiger partial charge in [0.15, 0.2) is 5.16 Å². The molecular weight excluding hydrogens is 448 g/mol. The van der Waals surface area contributed by atoms with E-state index in [1.54, 1.807) is 26.5 Å². The van der Waals surface area contributed by atoms with Crippen molar-refractivity contribution in [3.63, 3.8) is 0 Å². The van der Waals surface area contributed by atoms with Crippen molar-refractivity contribution in [2.45, 2.75) is 24.3 Å². The van der Waals surface area contributed by atoms with Crippen LogP contribution in [0.2, 0.25) is 0 Å². The van der Waals surface area contributed by atoms with Crippen molar-refractivity contribution in [2.24, 2.45) is 0 Å². The van der Waals surface area contributed by atoms with Crippen LogP contribution in [-0.4, -0.2) is 40.3 Å². The summed E-state index contributed by atoms with van der Waals surface area (Å²) in [5, 5.41) is 3.12. The van der Waals surface area contributed by atoms with Crippen molar-refractivity contribution in [3.8, 4) is 34.0 Å². The predicted octanol–water partition coefficient (Wildman–Crippen LogP) is 5.58. The first kappa shape index (κ1) is 23.4. The summed E-state index contributed by atoms with van der Waals surface area (Å²) in [6, 6.07) is 19.2. The number of methoxy groups -OCH3 is 2. The first-order valence-corrected chi connectivity index (χ1v) is 11.6. The number of amides is 1. The molecule has 0 spiro atoms. The molecule has 2 aromatic carbocycles. The number of rotatable bonds is 8. The molecule has 4 aromatic rings. The van der Waals surface area contributed by atoms with E-state index >= 15 is 0 Å². The highest BCUT2D eigenvalue weighted by molar-refractivity contribution is 8.00. The van der Waals surface area contributed by atoms with Crippen molar-refractivity contribution in [2.75, 3.05) is 19.5 Å². The van der Waals surface area contributed by atoms with Crippen LogP contribution in [0.15, 0.2) is 72.0 Å². The number of benzene rings is 2. The minimum Gasteiger partial charge on any atom is -0.497 e. The molecule has 0 aliphatic carbocycles. The summed E-state index contributed by atoms with van der Waals surface area (Å²) in [5.41, 5.74) is 4.60. The van der Waals surface area contributed by atoms with Crippen LogP contribution in [0.4, 0.5) is 5.82 Å². The van der Waals surface area contributed by atoms with E-state index in [0.29, 0.717) is 11.0 Å². The van der Waals surface area contributed by atoms with Gasteiger partial charge in [-0.2, -0.15) is 0 Å². The number of anilines is 1. The van der Waals surface area contributed by atoms with Gasteiger partial charge in [-0.3, -0.25) is 4.79 Å². The number of nitrogens with zero attached hydrogens (tertiary/aromatic N) is 2. The summed E-state index contributed by atoms with van der Waals surface area (Å²) in [7, 11) is 3.28. The maximum Gasteiger partial charge on any atom is 0.238 e. The van der Waals surface area contributed by atoms with Gasteiger partial charge in [0.05, 0.1) is 30.9 Å². The summed E-state index contributed by atoms with van der Waals surface area (Å²) >= 11 is 1.36. The monoisotopic (exact) mass is 474 g/mol. The smallest absolute Gasteiger partial charge is 0.238 e. The van der Waals surface area contributed by atoms with Crippen LogP contribution in [0, 0.1) is 6.92 Å². The molecule has 174 valence electrons. The fraction of sp³-hybridized carbons (Fsp3) is 0.192. The van der Waals surface area contributed by atoms with E-state index in [1.165, 1.54) is 11.8 Å². The number of thioether (sulfide) groups is 1. The second kappa shape index (κ2) is 10.4. The third-order valence-electron chi connectivity index (χ3n) is 5.24. The van der Waals surface area contributed by atoms with Gasteiger partial charge in [0, 0.05) is 17.3 Å². The Bertz CT molecular complexity index is 1190. The minimum atomic E-state index is -0.387. The Morgan fingerprint density at radius 3 is 2.12 bits per heavy atom. The zero-order chi connectivity index (χ0) is 24.1. The lowest BCUT2D eigenvalue weighted by Crippen LogP contribution is -2.23. The van der Waals surface area contributed by atoms with E-state index in [-0.39, 0.29) is 11.2 Å². The highest BCUT2D eigenvalue weighted by Gasteiger charge is 2.20. The Kier molecular flexibility index (Phi) is 7.18. The van der Waals surface area contributed by atoms with Gasteiger partial charge >= 0.3 is 0 Å². The van der Waals surface area contributed by atoms with Crippen LogP contribution in [0.1, 0.15) is 12.5 Å². The molecule has 1 unspecified atom stereocenters. The first-order valence-electron chi connectivity index (χ1n) is 10.8. The summed E-state index contributed by atoms with van der Waals surface area (Å²) < 4.78 is 10.6. The molecule has 2 N–H and O–H groups in total. The Balaban J connectivity index is 1.61. The number of hydrogen-bond acceptors (Lipinski definition) is 6. The fourth-order valence-electron chi connectivity index (χ4n) is 3.32. The van der Waals surface area contributed by atoms with Gasteiger partial charge in [-0.05, 0) is 74.0 Å². The van der Waals surface area contributed by atoms with Crippen LogP contribution < -0.4 is 14.8 Å². The maximum atomic E-state index is 12.7. The maximum absolute atomic E-state index is 12.7. The zero-order valence-electron chi connectivity index (χ0n) is 19.5. The van der Waals surface area contributed by atoms with Gasteiger partial charge in [-0.15, -0.1) is 0 Å². The number of aryl methyl sites for hydroxylation is 1. The second-order valence-electron chi connectivity index (χ2n) is 7.69. The highest BCUT2D eigenvalue weighted by atomic mass is 32.2. The van der Waals surface area contributed by atoms with Crippen LogP contribution in [-0.2, 0) is 4.79 Å². The van der Waals surface area contributed by atoms with Crippen molar-refractivity contribution in [1.82, 2.24) is 15.0 Å². The molecule has 4 rings (SSSR count). The molecule has 34 heavy (non-hydrogen) atoms. The molecule has 2 aromatic heterocycles. The Hall–Kier alpha value is -3.78. The summed E-state index contributed by atoms with van der Waals surface area (Å²) in [6.45, 7) is 3.80. The summed E-state index contributed by atoms with van der Waals surface area (Å²) in [5.74, 6) is 1.93. The standard InChI is InChI=1S/C26H26N4O3S/c1-16-5-14-22(27-15-16)28-25(31)17(2)34-26-29-23(18-6-10-20(32-3)11-7-18)24(30-26)19-8-12-21(33-4)13-9-19/h5-15,17H,1-4H3,(H,29,30)(H,27,28,31). The lowest BCUT2D eigenvalue weighted by molar-refractivity contribution is -0.115. The number of H-pyrrole nitrogens is 1. The van der Waals surface area contributed by atoms with E-state index in [4.69, 9.17) is 14.5 Å². The molecule has 1 amide bonds. The Morgan fingerprint density at radius 2 is 1.56 bits per heavy atom. The highest BCUT2D eigenvalue weighted by Crippen LogP contribution is 2.35. The minimum absolute atomic E-state index is 0.144. The molecule has 0 saturated carbocycles. The van der Waals surface area contributed by atoms with Crippen molar-refractivity contribution >= 4 is 23.5 Å². The predicted molar refractivity (Wildman–Crippen MR) is 135 cm³/mol. The first-order chi connectivity index (χ1) is 16.5. The SMILES string of the molecule is COc1ccc(-c2nc(SC(C)C(=O)Nc3ccc(C)cn3)[nH]c2-c2ccc(OC)cc2)cc1. The Labute approximate surface area is 203 Å². The molecule has 7 nitrogen and oxygen atoms in total. The number of carbonyl (C=O) groups excluding carboxylic acids is 1. The normalized spacial score (nSPS) is 11.6. The third-order valence-corrected chi connectivity index (χ3v) is 6.23. The van der Waals surface area contributed by atoms with Gasteiger partial charge in [0.25, 0.3) is 0 Å². The molecule has 1 atom stereocenters. The van der Waals surface area contributed by atoms with Crippen LogP contribution >= 0.6 is 11.8 Å². The van der Waals surface area contributed by atoms with Crippen LogP contribution in [0.25, 0.3) is 22.5 Å². The second-order valence-corrected chi connectivity index (χ2v) is 9.02. The van der Waals surface area contributed by atoms with E-state index < -0.39 is 0 Å². The van der Waals surface area contributed by atoms with Crippen molar-refractivity contribution in [1.29, 1.82) is 0 Å². The average molecular weight is 475 g/mol. The number of aromatic amines is 1. The van der Waals surface area contributed by atoms with Crippen molar-refractivity contribution < 1.29 is 14.3 Å². The summed E-state index contributed by atoms with van der Waals surface area (Å²) in [6.07, 6.45) is 1.72. The van der Waals surface area contributed by atoms with Gasteiger partial charge in [-0.1, -0.05) is 17.8 Å². The molecule has 0 radical (unpaired) electrons. The fourth-order valence-corrected chi connectivity index (χ4v) is 4.13. The zero-order valence-corrected chi connectivity index (χ0v) is 20.3. The molecule has 0 saturated heterocycles. The molecule has 0 aliphatic rings. The number of aromatic nitrogens is 3. The quantitative estimate of drug-likeness (QED) is 0.324. The number of ether oxygens (including phenoxy) is 2. The van der Waals surface area contributed by atoms with Gasteiger partial charge in [0.1, 0.15) is 17.3 Å². The summed E-state index contributed by atoms with van der Waals surface area (Å²) in [4.78, 5) is 25.2. The molecule has 2 heterocycles. The van der Waals surface area contributed by atoms with E-state index in [1.807, 2.05) is 68.4 Å². The van der Waals surface area contributed by atoms with Crippen molar-refractivity contribution in [3.05, 3.63) is 72.4 Å².